The van der Waals surface area contributed by atoms with E-state index in [-0.39, 0.29) is 5.75 Å². The molecule has 0 aliphatic rings. The largest absolute Gasteiger partial charge is 0.507 e. The number of aromatic nitrogens is 1. The Morgan fingerprint density at radius 3 is 2.81 bits per heavy atom. The Morgan fingerprint density at radius 1 is 1.14 bits per heavy atom. The molecule has 1 aromatic heterocycles. The summed E-state index contributed by atoms with van der Waals surface area (Å²) in [5, 5.41) is 12.1. The molecule has 0 amide bonds. The van der Waals surface area contributed by atoms with E-state index in [0.717, 1.165) is 20.9 Å². The monoisotopic (exact) mass is 340 g/mol. The maximum absolute atomic E-state index is 10.1. The fourth-order valence-electron chi connectivity index (χ4n) is 2.18. The molecule has 0 saturated carbocycles. The summed E-state index contributed by atoms with van der Waals surface area (Å²) in [6.45, 7) is 1.92. The third kappa shape index (κ3) is 2.95. The summed E-state index contributed by atoms with van der Waals surface area (Å²) in [6.07, 6.45) is 1.66. The van der Waals surface area contributed by atoms with Gasteiger partial charge in [0.25, 0.3) is 0 Å². The Balaban J connectivity index is 2.09. The van der Waals surface area contributed by atoms with Crippen molar-refractivity contribution < 1.29 is 5.11 Å². The minimum absolute atomic E-state index is 0.209. The Labute approximate surface area is 131 Å². The van der Waals surface area contributed by atoms with E-state index in [2.05, 4.69) is 25.9 Å². The van der Waals surface area contributed by atoms with E-state index >= 15 is 0 Å². The average Bonchev–Trinajstić information content (AvgIpc) is 2.46. The second-order valence-electron chi connectivity index (χ2n) is 4.76. The van der Waals surface area contributed by atoms with Gasteiger partial charge in [-0.05, 0) is 48.0 Å². The maximum atomic E-state index is 10.1. The van der Waals surface area contributed by atoms with Gasteiger partial charge in [0.2, 0.25) is 0 Å². The number of pyridine rings is 1. The number of hydrogen-bond donors (Lipinski definition) is 1. The van der Waals surface area contributed by atoms with E-state index < -0.39 is 0 Å². The number of phenols is 1. The van der Waals surface area contributed by atoms with Crippen molar-refractivity contribution in [3.8, 4) is 5.75 Å². The molecule has 0 saturated heterocycles. The predicted molar refractivity (Wildman–Crippen MR) is 89.5 cm³/mol. The van der Waals surface area contributed by atoms with Crippen molar-refractivity contribution in [2.24, 2.45) is 4.99 Å². The van der Waals surface area contributed by atoms with Crippen LogP contribution < -0.4 is 0 Å². The molecule has 0 radical (unpaired) electrons. The molecule has 0 fully saturated rings. The first-order chi connectivity index (χ1) is 10.1. The third-order valence-corrected chi connectivity index (χ3v) is 3.69. The van der Waals surface area contributed by atoms with Crippen molar-refractivity contribution in [1.82, 2.24) is 4.98 Å². The molecule has 3 aromatic rings. The van der Waals surface area contributed by atoms with Crippen LogP contribution in [-0.2, 0) is 0 Å². The van der Waals surface area contributed by atoms with Crippen LogP contribution >= 0.6 is 15.9 Å². The van der Waals surface area contributed by atoms with Gasteiger partial charge in [0.15, 0.2) is 5.82 Å². The molecule has 3 nitrogen and oxygen atoms in total. The van der Waals surface area contributed by atoms with E-state index in [1.165, 1.54) is 0 Å². The normalized spacial score (nSPS) is 11.3. The number of aromatic hydroxyl groups is 1. The molecule has 0 unspecified atom stereocenters. The first-order valence-electron chi connectivity index (χ1n) is 6.52. The van der Waals surface area contributed by atoms with Crippen LogP contribution in [0.4, 0.5) is 5.82 Å². The summed E-state index contributed by atoms with van der Waals surface area (Å²) in [5.41, 5.74) is 1.61. The Morgan fingerprint density at radius 2 is 2.00 bits per heavy atom. The summed E-state index contributed by atoms with van der Waals surface area (Å²) in [6, 6.07) is 15.2. The van der Waals surface area contributed by atoms with Gasteiger partial charge >= 0.3 is 0 Å². The van der Waals surface area contributed by atoms with Crippen LogP contribution in [0.5, 0.6) is 5.75 Å². The zero-order valence-corrected chi connectivity index (χ0v) is 13.0. The van der Waals surface area contributed by atoms with E-state index in [0.29, 0.717) is 11.4 Å². The van der Waals surface area contributed by atoms with Crippen molar-refractivity contribution in [1.29, 1.82) is 0 Å². The minimum Gasteiger partial charge on any atom is -0.507 e. The number of nitrogens with zero attached hydrogens (tertiary/aromatic N) is 2. The number of halogens is 1. The molecule has 104 valence electrons. The molecule has 0 aliphatic carbocycles. The topological polar surface area (TPSA) is 45.5 Å². The minimum atomic E-state index is 0.209. The molecule has 4 heteroatoms. The van der Waals surface area contributed by atoms with E-state index in [1.54, 1.807) is 12.3 Å². The van der Waals surface area contributed by atoms with Crippen molar-refractivity contribution in [2.45, 2.75) is 6.92 Å². The van der Waals surface area contributed by atoms with Crippen LogP contribution in [0.15, 0.2) is 58.0 Å². The fourth-order valence-corrected chi connectivity index (χ4v) is 2.56. The van der Waals surface area contributed by atoms with Crippen molar-refractivity contribution >= 4 is 38.7 Å². The number of aryl methyl sites for hydroxylation is 1. The smallest absolute Gasteiger partial charge is 0.152 e. The lowest BCUT2D eigenvalue weighted by Gasteiger charge is -2.05. The van der Waals surface area contributed by atoms with Crippen LogP contribution in [-0.4, -0.2) is 16.3 Å². The molecule has 1 heterocycles. The summed E-state index contributed by atoms with van der Waals surface area (Å²) < 4.78 is 1.00. The molecule has 3 rings (SSSR count). The van der Waals surface area contributed by atoms with Gasteiger partial charge in [0.1, 0.15) is 5.75 Å². The van der Waals surface area contributed by atoms with Crippen molar-refractivity contribution in [2.75, 3.05) is 0 Å². The van der Waals surface area contributed by atoms with Gasteiger partial charge in [-0.2, -0.15) is 0 Å². The standard InChI is InChI=1S/C17H13BrN2O/c1-11-3-2-4-17(20-11)19-10-15-14-7-6-13(18)9-12(14)5-8-16(15)21/h2-10,21H,1H3/b19-10+. The van der Waals surface area contributed by atoms with Crippen molar-refractivity contribution in [3.63, 3.8) is 0 Å². The number of aliphatic imine (C=N–C) groups is 1. The molecule has 1 N–H and O–H groups in total. The SMILES string of the molecule is Cc1cccc(/N=C/c2c(O)ccc3cc(Br)ccc23)n1. The quantitative estimate of drug-likeness (QED) is 0.683. The van der Waals surface area contributed by atoms with Crippen LogP contribution in [0.25, 0.3) is 10.8 Å². The second-order valence-corrected chi connectivity index (χ2v) is 5.67. The molecule has 21 heavy (non-hydrogen) atoms. The van der Waals surface area contributed by atoms with Crippen LogP contribution in [0, 0.1) is 6.92 Å². The number of rotatable bonds is 2. The van der Waals surface area contributed by atoms with Gasteiger partial charge in [-0.15, -0.1) is 0 Å². The van der Waals surface area contributed by atoms with Gasteiger partial charge in [-0.3, -0.25) is 0 Å². The fraction of sp³-hybridized carbons (Fsp3) is 0.0588. The Bertz CT molecular complexity index is 843. The first kappa shape index (κ1) is 13.8. The van der Waals surface area contributed by atoms with Gasteiger partial charge in [-0.1, -0.05) is 34.1 Å². The van der Waals surface area contributed by atoms with Gasteiger partial charge < -0.3 is 5.11 Å². The zero-order valence-electron chi connectivity index (χ0n) is 11.4. The number of hydrogen-bond acceptors (Lipinski definition) is 3. The molecule has 2 aromatic carbocycles. The highest BCUT2D eigenvalue weighted by atomic mass is 79.9. The Kier molecular flexibility index (Phi) is 3.71. The lowest BCUT2D eigenvalue weighted by atomic mass is 10.0. The second kappa shape index (κ2) is 5.66. The molecular weight excluding hydrogens is 328 g/mol. The Hall–Kier alpha value is -2.20. The highest BCUT2D eigenvalue weighted by molar-refractivity contribution is 9.10. The number of phenolic OH excluding ortho intramolecular Hbond substituents is 1. The van der Waals surface area contributed by atoms with Crippen LogP contribution in [0.3, 0.4) is 0 Å². The van der Waals surface area contributed by atoms with Gasteiger partial charge in [0, 0.05) is 21.9 Å². The van der Waals surface area contributed by atoms with Crippen LogP contribution in [0.2, 0.25) is 0 Å². The van der Waals surface area contributed by atoms with E-state index in [1.807, 2.05) is 49.4 Å². The lowest BCUT2D eigenvalue weighted by Crippen LogP contribution is -1.87. The zero-order chi connectivity index (χ0) is 14.8. The molecule has 0 atom stereocenters. The molecule has 0 aliphatic heterocycles. The summed E-state index contributed by atoms with van der Waals surface area (Å²) >= 11 is 3.45. The average molecular weight is 341 g/mol. The summed E-state index contributed by atoms with van der Waals surface area (Å²) in [7, 11) is 0. The van der Waals surface area contributed by atoms with E-state index in [4.69, 9.17) is 0 Å². The van der Waals surface area contributed by atoms with Gasteiger partial charge in [-0.25, -0.2) is 9.98 Å². The van der Waals surface area contributed by atoms with E-state index in [9.17, 15) is 5.11 Å². The molecular formula is C17H13BrN2O. The van der Waals surface area contributed by atoms with Crippen molar-refractivity contribution in [3.05, 3.63) is 64.3 Å². The third-order valence-electron chi connectivity index (χ3n) is 3.20. The molecule has 0 spiro atoms. The number of benzene rings is 2. The summed E-state index contributed by atoms with van der Waals surface area (Å²) in [4.78, 5) is 8.69. The first-order valence-corrected chi connectivity index (χ1v) is 7.32. The maximum Gasteiger partial charge on any atom is 0.152 e. The lowest BCUT2D eigenvalue weighted by molar-refractivity contribution is 0.475. The van der Waals surface area contributed by atoms with Gasteiger partial charge in [0.05, 0.1) is 0 Å². The highest BCUT2D eigenvalue weighted by Crippen LogP contribution is 2.28. The predicted octanol–water partition coefficient (Wildman–Crippen LogP) is 4.76. The molecule has 0 bridgehead atoms. The number of fused-ring (bicyclic) bond motifs is 1. The highest BCUT2D eigenvalue weighted by Gasteiger charge is 2.05. The summed E-state index contributed by atoms with van der Waals surface area (Å²) in [5.74, 6) is 0.838. The van der Waals surface area contributed by atoms with Crippen LogP contribution in [0.1, 0.15) is 11.3 Å².